The Morgan fingerprint density at radius 3 is 2.84 bits per heavy atom. The van der Waals surface area contributed by atoms with Gasteiger partial charge in [-0.3, -0.25) is 9.89 Å². The number of nitrogens with two attached hydrogens (primary N) is 1. The minimum absolute atomic E-state index is 0.206. The molecule has 2 aromatic heterocycles. The van der Waals surface area contributed by atoms with Crippen LogP contribution in [-0.2, 0) is 6.54 Å². The van der Waals surface area contributed by atoms with Gasteiger partial charge in [-0.25, -0.2) is 4.98 Å². The molecule has 4 N–H and O–H groups in total. The number of amides is 1. The fraction of sp³-hybridized carbons (Fsp3) is 0.417. The summed E-state index contributed by atoms with van der Waals surface area (Å²) in [6, 6.07) is 0. The van der Waals surface area contributed by atoms with Crippen molar-refractivity contribution in [1.29, 1.82) is 0 Å². The molecule has 0 fully saturated rings. The number of nitrogen functional groups attached to an aromatic ring is 1. The number of nitrogens with zero attached hydrogens (tertiary/aromatic N) is 2. The van der Waals surface area contributed by atoms with Crippen LogP contribution in [0, 0.1) is 6.92 Å². The van der Waals surface area contributed by atoms with Crippen molar-refractivity contribution < 1.29 is 4.79 Å². The monoisotopic (exact) mass is 279 g/mol. The lowest BCUT2D eigenvalue weighted by molar-refractivity contribution is 0.0947. The van der Waals surface area contributed by atoms with Crippen LogP contribution in [0.4, 0.5) is 5.69 Å². The van der Waals surface area contributed by atoms with E-state index >= 15 is 0 Å². The zero-order chi connectivity index (χ0) is 14.0. The lowest BCUT2D eigenvalue weighted by atomic mass is 10.1. The Kier molecular flexibility index (Phi) is 3.84. The van der Waals surface area contributed by atoms with Gasteiger partial charge < -0.3 is 11.1 Å². The third-order valence-electron chi connectivity index (χ3n) is 2.88. The zero-order valence-electron chi connectivity index (χ0n) is 11.2. The largest absolute Gasteiger partial charge is 0.395 e. The Balaban J connectivity index is 2.06. The summed E-state index contributed by atoms with van der Waals surface area (Å²) in [6.45, 7) is 6.34. The van der Waals surface area contributed by atoms with Gasteiger partial charge in [-0.2, -0.15) is 5.10 Å². The zero-order valence-corrected chi connectivity index (χ0v) is 12.0. The number of carbonyl (C=O) groups is 1. The second-order valence-electron chi connectivity index (χ2n) is 4.60. The highest BCUT2D eigenvalue weighted by molar-refractivity contribution is 7.09. The molecule has 6 nitrogen and oxygen atoms in total. The third-order valence-corrected chi connectivity index (χ3v) is 3.82. The summed E-state index contributed by atoms with van der Waals surface area (Å²) in [5.74, 6) is -0.0637. The van der Waals surface area contributed by atoms with E-state index in [9.17, 15) is 4.79 Å². The molecule has 0 aliphatic heterocycles. The van der Waals surface area contributed by atoms with Gasteiger partial charge in [0.05, 0.1) is 29.1 Å². The average molecular weight is 279 g/mol. The smallest absolute Gasteiger partial charge is 0.274 e. The van der Waals surface area contributed by atoms with Crippen molar-refractivity contribution in [3.05, 3.63) is 27.5 Å². The Labute approximate surface area is 115 Å². The van der Waals surface area contributed by atoms with Gasteiger partial charge in [0.15, 0.2) is 5.69 Å². The summed E-state index contributed by atoms with van der Waals surface area (Å²) in [5, 5.41) is 9.60. The maximum Gasteiger partial charge on any atom is 0.274 e. The normalized spacial score (nSPS) is 10.9. The van der Waals surface area contributed by atoms with E-state index < -0.39 is 0 Å². The molecular formula is C12H17N5OS. The molecule has 0 aromatic carbocycles. The van der Waals surface area contributed by atoms with Gasteiger partial charge in [-0.05, 0) is 12.8 Å². The highest BCUT2D eigenvalue weighted by atomic mass is 32.1. The second kappa shape index (κ2) is 5.40. The van der Waals surface area contributed by atoms with Crippen molar-refractivity contribution in [3.8, 4) is 0 Å². The molecule has 2 rings (SSSR count). The van der Waals surface area contributed by atoms with Gasteiger partial charge >= 0.3 is 0 Å². The Hall–Kier alpha value is -1.89. The Morgan fingerprint density at radius 2 is 2.32 bits per heavy atom. The number of hydrogen-bond donors (Lipinski definition) is 3. The molecule has 0 unspecified atom stereocenters. The first-order valence-corrected chi connectivity index (χ1v) is 6.89. The molecule has 0 atom stereocenters. The van der Waals surface area contributed by atoms with Gasteiger partial charge in [0, 0.05) is 4.88 Å². The number of aromatic nitrogens is 3. The van der Waals surface area contributed by atoms with Crippen LogP contribution < -0.4 is 11.1 Å². The first-order valence-electron chi connectivity index (χ1n) is 6.01. The summed E-state index contributed by atoms with van der Waals surface area (Å²) >= 11 is 1.52. The van der Waals surface area contributed by atoms with Crippen LogP contribution in [0.25, 0.3) is 0 Å². The molecule has 7 heteroatoms. The summed E-state index contributed by atoms with van der Waals surface area (Å²) < 4.78 is 0. The van der Waals surface area contributed by atoms with Crippen molar-refractivity contribution >= 4 is 22.9 Å². The van der Waals surface area contributed by atoms with E-state index in [1.54, 1.807) is 5.51 Å². The number of aromatic amines is 1. The van der Waals surface area contributed by atoms with Gasteiger partial charge in [-0.15, -0.1) is 11.3 Å². The van der Waals surface area contributed by atoms with E-state index in [1.165, 1.54) is 11.3 Å². The SMILES string of the molecule is Cc1ncsc1CNC(=O)c1n[nH]c(C(C)C)c1N. The van der Waals surface area contributed by atoms with Crippen LogP contribution in [0.5, 0.6) is 0 Å². The first-order chi connectivity index (χ1) is 9.00. The fourth-order valence-corrected chi connectivity index (χ4v) is 2.43. The van der Waals surface area contributed by atoms with E-state index in [4.69, 9.17) is 5.73 Å². The highest BCUT2D eigenvalue weighted by Gasteiger charge is 2.18. The number of thiazole rings is 1. The fourth-order valence-electron chi connectivity index (χ4n) is 1.72. The van der Waals surface area contributed by atoms with Crippen LogP contribution in [0.15, 0.2) is 5.51 Å². The lowest BCUT2D eigenvalue weighted by Crippen LogP contribution is -2.24. The van der Waals surface area contributed by atoms with Gasteiger partial charge in [0.1, 0.15) is 0 Å². The molecule has 0 bridgehead atoms. The number of hydrogen-bond acceptors (Lipinski definition) is 5. The molecule has 1 amide bonds. The van der Waals surface area contributed by atoms with Crippen molar-refractivity contribution in [2.75, 3.05) is 5.73 Å². The molecule has 102 valence electrons. The van der Waals surface area contributed by atoms with Gasteiger partial charge in [0.25, 0.3) is 5.91 Å². The van der Waals surface area contributed by atoms with Crippen molar-refractivity contribution in [2.24, 2.45) is 0 Å². The average Bonchev–Trinajstić information content (AvgIpc) is 2.92. The molecule has 0 aliphatic rings. The van der Waals surface area contributed by atoms with E-state index in [0.717, 1.165) is 16.3 Å². The predicted molar refractivity (Wildman–Crippen MR) is 75.1 cm³/mol. The van der Waals surface area contributed by atoms with Crippen molar-refractivity contribution in [2.45, 2.75) is 33.2 Å². The van der Waals surface area contributed by atoms with E-state index in [2.05, 4.69) is 20.5 Å². The predicted octanol–water partition coefficient (Wildman–Crippen LogP) is 1.81. The minimum Gasteiger partial charge on any atom is -0.395 e. The van der Waals surface area contributed by atoms with Gasteiger partial charge in [0.2, 0.25) is 0 Å². The summed E-state index contributed by atoms with van der Waals surface area (Å²) in [4.78, 5) is 17.2. The molecular weight excluding hydrogens is 262 g/mol. The van der Waals surface area contributed by atoms with Crippen LogP contribution in [-0.4, -0.2) is 21.1 Å². The summed E-state index contributed by atoms with van der Waals surface area (Å²) in [6.07, 6.45) is 0. The molecule has 0 saturated carbocycles. The van der Waals surface area contributed by atoms with Crippen LogP contribution in [0.1, 0.15) is 46.5 Å². The minimum atomic E-state index is -0.270. The molecule has 0 radical (unpaired) electrons. The number of anilines is 1. The van der Waals surface area contributed by atoms with E-state index in [0.29, 0.717) is 12.2 Å². The van der Waals surface area contributed by atoms with Crippen LogP contribution in [0.3, 0.4) is 0 Å². The lowest BCUT2D eigenvalue weighted by Gasteiger charge is -2.04. The van der Waals surface area contributed by atoms with Crippen molar-refractivity contribution in [1.82, 2.24) is 20.5 Å². The number of rotatable bonds is 4. The molecule has 19 heavy (non-hydrogen) atoms. The quantitative estimate of drug-likeness (QED) is 0.795. The maximum atomic E-state index is 12.0. The second-order valence-corrected chi connectivity index (χ2v) is 5.54. The molecule has 2 heterocycles. The van der Waals surface area contributed by atoms with E-state index in [-0.39, 0.29) is 17.5 Å². The topological polar surface area (TPSA) is 96.7 Å². The third kappa shape index (κ3) is 2.76. The first kappa shape index (κ1) is 13.5. The molecule has 0 aliphatic carbocycles. The van der Waals surface area contributed by atoms with E-state index in [1.807, 2.05) is 20.8 Å². The molecule has 0 spiro atoms. The molecule has 0 saturated heterocycles. The molecule has 2 aromatic rings. The highest BCUT2D eigenvalue weighted by Crippen LogP contribution is 2.22. The number of nitrogens with one attached hydrogen (secondary N) is 2. The Bertz CT molecular complexity index is 587. The maximum absolute atomic E-state index is 12.0. The standard InChI is InChI=1S/C12H17N5OS/c1-6(2)10-9(13)11(17-16-10)12(18)14-4-8-7(3)15-5-19-8/h5-6H,4,13H2,1-3H3,(H,14,18)(H,16,17). The van der Waals surface area contributed by atoms with Crippen molar-refractivity contribution in [3.63, 3.8) is 0 Å². The van der Waals surface area contributed by atoms with Gasteiger partial charge in [-0.1, -0.05) is 13.8 Å². The Morgan fingerprint density at radius 1 is 1.58 bits per heavy atom. The number of carbonyl (C=O) groups excluding carboxylic acids is 1. The van der Waals surface area contributed by atoms with Crippen LogP contribution in [0.2, 0.25) is 0 Å². The van der Waals surface area contributed by atoms with Crippen LogP contribution >= 0.6 is 11.3 Å². The summed E-state index contributed by atoms with van der Waals surface area (Å²) in [7, 11) is 0. The number of aryl methyl sites for hydroxylation is 1. The number of H-pyrrole nitrogens is 1. The summed E-state index contributed by atoms with van der Waals surface area (Å²) in [5.41, 5.74) is 10.1.